The fraction of sp³-hybridized carbons (Fsp3) is 0.273. The van der Waals surface area contributed by atoms with Crippen LogP contribution in [0.2, 0.25) is 5.02 Å². The number of fused-ring (bicyclic) bond motifs is 1. The zero-order chi connectivity index (χ0) is 10.1. The highest BCUT2D eigenvalue weighted by Crippen LogP contribution is 2.34. The molecule has 0 aromatic heterocycles. The summed E-state index contributed by atoms with van der Waals surface area (Å²) < 4.78 is 5.56. The van der Waals surface area contributed by atoms with Gasteiger partial charge in [-0.15, -0.1) is 0 Å². The number of benzene rings is 1. The smallest absolute Gasteiger partial charge is 0.128 e. The Balaban J connectivity index is 2.52. The molecule has 0 unspecified atom stereocenters. The minimum atomic E-state index is 0.550. The van der Waals surface area contributed by atoms with Crippen LogP contribution in [0.5, 0.6) is 5.75 Å². The summed E-state index contributed by atoms with van der Waals surface area (Å²) in [6, 6.07) is 5.68. The lowest BCUT2D eigenvalue weighted by Gasteiger charge is -2.21. The lowest BCUT2D eigenvalue weighted by Crippen LogP contribution is -2.17. The lowest BCUT2D eigenvalue weighted by atomic mass is 9.99. The van der Waals surface area contributed by atoms with Gasteiger partial charge in [-0.05, 0) is 36.3 Å². The monoisotopic (exact) mass is 209 g/mol. The predicted molar refractivity (Wildman–Crippen MR) is 58.6 cm³/mol. The molecule has 0 atom stereocenters. The summed E-state index contributed by atoms with van der Waals surface area (Å²) in [5, 5.41) is 0.702. The molecule has 2 N–H and O–H groups in total. The second kappa shape index (κ2) is 3.64. The van der Waals surface area contributed by atoms with Crippen LogP contribution in [-0.2, 0) is 0 Å². The van der Waals surface area contributed by atoms with Gasteiger partial charge in [-0.25, -0.2) is 0 Å². The van der Waals surface area contributed by atoms with Crippen molar-refractivity contribution in [1.29, 1.82) is 0 Å². The van der Waals surface area contributed by atoms with Crippen molar-refractivity contribution in [3.05, 3.63) is 34.4 Å². The van der Waals surface area contributed by atoms with Crippen molar-refractivity contribution in [2.75, 3.05) is 13.2 Å². The molecule has 0 saturated heterocycles. The molecule has 1 aliphatic heterocycles. The molecule has 1 heterocycles. The molecule has 0 spiro atoms. The van der Waals surface area contributed by atoms with Gasteiger partial charge in [0.1, 0.15) is 12.4 Å². The summed E-state index contributed by atoms with van der Waals surface area (Å²) in [5.74, 6) is 0.854. The lowest BCUT2D eigenvalue weighted by molar-refractivity contribution is 0.344. The molecule has 0 bridgehead atoms. The fourth-order valence-electron chi connectivity index (χ4n) is 1.60. The quantitative estimate of drug-likeness (QED) is 0.771. The van der Waals surface area contributed by atoms with Crippen molar-refractivity contribution in [3.8, 4) is 5.75 Å². The van der Waals surface area contributed by atoms with E-state index in [0.717, 1.165) is 16.9 Å². The van der Waals surface area contributed by atoms with Gasteiger partial charge in [0.15, 0.2) is 0 Å². The number of halogens is 1. The van der Waals surface area contributed by atoms with Gasteiger partial charge in [0.05, 0.1) is 0 Å². The molecule has 0 radical (unpaired) electrons. The molecular formula is C11H12ClNO. The zero-order valence-corrected chi connectivity index (χ0v) is 8.77. The Hall–Kier alpha value is -0.990. The third-order valence-electron chi connectivity index (χ3n) is 2.53. The molecule has 14 heavy (non-hydrogen) atoms. The molecule has 0 fully saturated rings. The van der Waals surface area contributed by atoms with Crippen LogP contribution in [0.1, 0.15) is 12.5 Å². The standard InChI is InChI=1S/C11H12ClNO/c1-7-8(5-13)6-14-11-4-9(12)2-3-10(7)11/h2-4H,5-6,13H2,1H3. The molecule has 0 aliphatic carbocycles. The van der Waals surface area contributed by atoms with Crippen molar-refractivity contribution in [2.45, 2.75) is 6.92 Å². The first kappa shape index (κ1) is 9.56. The van der Waals surface area contributed by atoms with Crippen LogP contribution in [0, 0.1) is 0 Å². The van der Waals surface area contributed by atoms with Crippen LogP contribution in [0.3, 0.4) is 0 Å². The minimum Gasteiger partial charge on any atom is -0.488 e. The second-order valence-electron chi connectivity index (χ2n) is 3.36. The minimum absolute atomic E-state index is 0.550. The molecule has 1 aliphatic rings. The largest absolute Gasteiger partial charge is 0.488 e. The molecular weight excluding hydrogens is 198 g/mol. The van der Waals surface area contributed by atoms with Gasteiger partial charge in [0, 0.05) is 17.1 Å². The Morgan fingerprint density at radius 1 is 1.50 bits per heavy atom. The van der Waals surface area contributed by atoms with E-state index in [0.29, 0.717) is 18.2 Å². The highest BCUT2D eigenvalue weighted by Gasteiger charge is 2.15. The highest BCUT2D eigenvalue weighted by atomic mass is 35.5. The predicted octanol–water partition coefficient (Wildman–Crippen LogP) is 2.46. The molecule has 1 aromatic carbocycles. The summed E-state index contributed by atoms with van der Waals surface area (Å²) in [5.41, 5.74) is 9.08. The fourth-order valence-corrected chi connectivity index (χ4v) is 1.76. The van der Waals surface area contributed by atoms with E-state index in [1.807, 2.05) is 18.2 Å². The van der Waals surface area contributed by atoms with Crippen molar-refractivity contribution in [1.82, 2.24) is 0 Å². The van der Waals surface area contributed by atoms with Crippen molar-refractivity contribution >= 4 is 17.2 Å². The first-order chi connectivity index (χ1) is 6.72. The normalized spacial score (nSPS) is 15.1. The van der Waals surface area contributed by atoms with Crippen LogP contribution in [0.15, 0.2) is 23.8 Å². The van der Waals surface area contributed by atoms with E-state index in [2.05, 4.69) is 6.92 Å². The molecule has 2 nitrogen and oxygen atoms in total. The number of ether oxygens (including phenoxy) is 1. The molecule has 2 rings (SSSR count). The summed E-state index contributed by atoms with van der Waals surface area (Å²) in [7, 11) is 0. The van der Waals surface area contributed by atoms with Gasteiger partial charge in [0.2, 0.25) is 0 Å². The molecule has 74 valence electrons. The Morgan fingerprint density at radius 3 is 3.00 bits per heavy atom. The second-order valence-corrected chi connectivity index (χ2v) is 3.80. The topological polar surface area (TPSA) is 35.2 Å². The maximum Gasteiger partial charge on any atom is 0.128 e. The summed E-state index contributed by atoms with van der Waals surface area (Å²) >= 11 is 5.87. The van der Waals surface area contributed by atoms with E-state index in [1.54, 1.807) is 0 Å². The third-order valence-corrected chi connectivity index (χ3v) is 2.76. The van der Waals surface area contributed by atoms with Crippen molar-refractivity contribution in [3.63, 3.8) is 0 Å². The van der Waals surface area contributed by atoms with Gasteiger partial charge >= 0.3 is 0 Å². The highest BCUT2D eigenvalue weighted by molar-refractivity contribution is 6.30. The summed E-state index contributed by atoms with van der Waals surface area (Å²) in [4.78, 5) is 0. The Labute approximate surface area is 88.3 Å². The molecule has 0 saturated carbocycles. The number of nitrogens with two attached hydrogens (primary N) is 1. The van der Waals surface area contributed by atoms with Gasteiger partial charge in [-0.2, -0.15) is 0 Å². The van der Waals surface area contributed by atoms with E-state index >= 15 is 0 Å². The van der Waals surface area contributed by atoms with E-state index in [1.165, 1.54) is 5.57 Å². The van der Waals surface area contributed by atoms with Crippen LogP contribution < -0.4 is 10.5 Å². The van der Waals surface area contributed by atoms with Gasteiger partial charge < -0.3 is 10.5 Å². The first-order valence-electron chi connectivity index (χ1n) is 4.54. The van der Waals surface area contributed by atoms with Crippen molar-refractivity contribution < 1.29 is 4.74 Å². The van der Waals surface area contributed by atoms with E-state index in [4.69, 9.17) is 22.1 Å². The summed E-state index contributed by atoms with van der Waals surface area (Å²) in [6.45, 7) is 3.20. The maximum absolute atomic E-state index is 5.87. The number of hydrogen-bond acceptors (Lipinski definition) is 2. The maximum atomic E-state index is 5.87. The van der Waals surface area contributed by atoms with Gasteiger partial charge in [-0.3, -0.25) is 0 Å². The van der Waals surface area contributed by atoms with Crippen LogP contribution >= 0.6 is 11.6 Å². The molecule has 3 heteroatoms. The van der Waals surface area contributed by atoms with E-state index < -0.39 is 0 Å². The van der Waals surface area contributed by atoms with E-state index in [9.17, 15) is 0 Å². The third kappa shape index (κ3) is 1.51. The van der Waals surface area contributed by atoms with Gasteiger partial charge in [-0.1, -0.05) is 11.6 Å². The Morgan fingerprint density at radius 2 is 2.29 bits per heavy atom. The number of allylic oxidation sites excluding steroid dienone is 1. The van der Waals surface area contributed by atoms with Gasteiger partial charge in [0.25, 0.3) is 0 Å². The van der Waals surface area contributed by atoms with Crippen LogP contribution in [0.25, 0.3) is 5.57 Å². The number of rotatable bonds is 1. The summed E-state index contributed by atoms with van der Waals surface area (Å²) in [6.07, 6.45) is 0. The van der Waals surface area contributed by atoms with E-state index in [-0.39, 0.29) is 0 Å². The van der Waals surface area contributed by atoms with Crippen LogP contribution in [-0.4, -0.2) is 13.2 Å². The Kier molecular flexibility index (Phi) is 2.48. The SMILES string of the molecule is CC1=C(CN)COc2cc(Cl)ccc21. The average molecular weight is 210 g/mol. The Bertz CT molecular complexity index is 398. The average Bonchev–Trinajstić information content (AvgIpc) is 2.18. The first-order valence-corrected chi connectivity index (χ1v) is 4.91. The van der Waals surface area contributed by atoms with Crippen molar-refractivity contribution in [2.24, 2.45) is 5.73 Å². The van der Waals surface area contributed by atoms with Crippen LogP contribution in [0.4, 0.5) is 0 Å². The zero-order valence-electron chi connectivity index (χ0n) is 8.01. The molecule has 0 amide bonds. The molecule has 1 aromatic rings. The number of hydrogen-bond donors (Lipinski definition) is 1.